The Labute approximate surface area is 100 Å². The number of likely N-dealkylation sites (N-methyl/N-ethyl adjacent to an activating group) is 1. The molecule has 2 N–H and O–H groups in total. The summed E-state index contributed by atoms with van der Waals surface area (Å²) in [5.41, 5.74) is 0.486. The highest BCUT2D eigenvalue weighted by Crippen LogP contribution is 2.25. The van der Waals surface area contributed by atoms with Crippen LogP contribution < -0.4 is 15.4 Å². The molecule has 4 nitrogen and oxygen atoms in total. The van der Waals surface area contributed by atoms with E-state index in [2.05, 4.69) is 10.6 Å². The van der Waals surface area contributed by atoms with E-state index in [9.17, 15) is 9.18 Å². The first-order valence-corrected chi connectivity index (χ1v) is 5.54. The van der Waals surface area contributed by atoms with Crippen molar-refractivity contribution in [2.75, 3.05) is 25.5 Å². The van der Waals surface area contributed by atoms with E-state index in [-0.39, 0.29) is 18.3 Å². The number of anilines is 1. The molecule has 0 unspecified atom stereocenters. The second kappa shape index (κ2) is 6.85. The zero-order chi connectivity index (χ0) is 12.7. The third-order valence-electron chi connectivity index (χ3n) is 2.02. The summed E-state index contributed by atoms with van der Waals surface area (Å²) in [5, 5.41) is 5.39. The topological polar surface area (TPSA) is 50.4 Å². The number of amides is 1. The Bertz CT molecular complexity index is 383. The molecule has 94 valence electrons. The Morgan fingerprint density at radius 3 is 2.88 bits per heavy atom. The van der Waals surface area contributed by atoms with Crippen LogP contribution in [-0.2, 0) is 4.79 Å². The summed E-state index contributed by atoms with van der Waals surface area (Å²) in [4.78, 5) is 11.4. The number of carbonyl (C=O) groups is 1. The van der Waals surface area contributed by atoms with Gasteiger partial charge in [0.05, 0.1) is 18.8 Å². The number of hydrogen-bond donors (Lipinski definition) is 2. The van der Waals surface area contributed by atoms with Crippen LogP contribution in [0, 0.1) is 5.82 Å². The number of carbonyl (C=O) groups excluding carboxylic acids is 1. The molecule has 5 heteroatoms. The van der Waals surface area contributed by atoms with Crippen LogP contribution in [0.2, 0.25) is 0 Å². The lowest BCUT2D eigenvalue weighted by atomic mass is 10.2. The predicted octanol–water partition coefficient (Wildman–Crippen LogP) is 1.77. The van der Waals surface area contributed by atoms with Crippen molar-refractivity contribution in [3.05, 3.63) is 24.0 Å². The minimum Gasteiger partial charge on any atom is -0.491 e. The molecule has 0 aliphatic carbocycles. The molecule has 1 amide bonds. The average Bonchev–Trinajstić information content (AvgIpc) is 2.30. The highest BCUT2D eigenvalue weighted by atomic mass is 19.1. The first-order valence-electron chi connectivity index (χ1n) is 5.54. The van der Waals surface area contributed by atoms with Gasteiger partial charge in [0.15, 0.2) is 0 Å². The minimum atomic E-state index is -0.386. The minimum absolute atomic E-state index is 0.194. The lowest BCUT2D eigenvalue weighted by Gasteiger charge is -2.12. The molecular formula is C12H17FN2O2. The summed E-state index contributed by atoms with van der Waals surface area (Å²) in [6, 6.07) is 4.05. The monoisotopic (exact) mass is 240 g/mol. The third kappa shape index (κ3) is 4.40. The first kappa shape index (κ1) is 13.4. The van der Waals surface area contributed by atoms with Gasteiger partial charge in [-0.2, -0.15) is 0 Å². The fraction of sp³-hybridized carbons (Fsp3) is 0.417. The van der Waals surface area contributed by atoms with Crippen LogP contribution in [0.5, 0.6) is 5.75 Å². The summed E-state index contributed by atoms with van der Waals surface area (Å²) in [7, 11) is 1.68. The number of nitrogens with one attached hydrogen (secondary N) is 2. The van der Waals surface area contributed by atoms with Gasteiger partial charge in [-0.25, -0.2) is 4.39 Å². The van der Waals surface area contributed by atoms with Gasteiger partial charge in [-0.1, -0.05) is 6.92 Å². The number of halogens is 1. The summed E-state index contributed by atoms with van der Waals surface area (Å²) in [6.07, 6.45) is 0.820. The highest BCUT2D eigenvalue weighted by molar-refractivity contribution is 5.93. The lowest BCUT2D eigenvalue weighted by Crippen LogP contribution is -2.25. The van der Waals surface area contributed by atoms with Crippen LogP contribution in [0.3, 0.4) is 0 Å². The summed E-state index contributed by atoms with van der Waals surface area (Å²) >= 11 is 0. The molecule has 1 aromatic rings. The van der Waals surface area contributed by atoms with Gasteiger partial charge in [0.2, 0.25) is 5.91 Å². The van der Waals surface area contributed by atoms with Crippen molar-refractivity contribution in [2.24, 2.45) is 0 Å². The van der Waals surface area contributed by atoms with Gasteiger partial charge in [-0.05, 0) is 25.6 Å². The van der Waals surface area contributed by atoms with Crippen molar-refractivity contribution in [3.63, 3.8) is 0 Å². The second-order valence-electron chi connectivity index (χ2n) is 3.57. The fourth-order valence-electron chi connectivity index (χ4n) is 1.29. The Morgan fingerprint density at radius 1 is 1.47 bits per heavy atom. The van der Waals surface area contributed by atoms with Gasteiger partial charge in [-0.15, -0.1) is 0 Å². The first-order chi connectivity index (χ1) is 8.17. The van der Waals surface area contributed by atoms with Crippen LogP contribution in [0.1, 0.15) is 13.3 Å². The summed E-state index contributed by atoms with van der Waals surface area (Å²) < 4.78 is 18.4. The molecular weight excluding hydrogens is 223 g/mol. The van der Waals surface area contributed by atoms with E-state index in [4.69, 9.17) is 4.74 Å². The van der Waals surface area contributed by atoms with Crippen LogP contribution in [0.15, 0.2) is 18.2 Å². The Hall–Kier alpha value is -1.62. The van der Waals surface area contributed by atoms with E-state index >= 15 is 0 Å². The Kier molecular flexibility index (Phi) is 5.42. The van der Waals surface area contributed by atoms with Crippen LogP contribution in [0.4, 0.5) is 10.1 Å². The van der Waals surface area contributed by atoms with Gasteiger partial charge < -0.3 is 15.4 Å². The smallest absolute Gasteiger partial charge is 0.238 e. The largest absolute Gasteiger partial charge is 0.491 e. The fourth-order valence-corrected chi connectivity index (χ4v) is 1.29. The summed E-state index contributed by atoms with van der Waals surface area (Å²) in [6.45, 7) is 2.64. The highest BCUT2D eigenvalue weighted by Gasteiger charge is 2.08. The van der Waals surface area contributed by atoms with Gasteiger partial charge in [-0.3, -0.25) is 4.79 Å². The van der Waals surface area contributed by atoms with Crippen molar-refractivity contribution in [2.45, 2.75) is 13.3 Å². The Balaban J connectivity index is 2.78. The normalized spacial score (nSPS) is 10.1. The van der Waals surface area contributed by atoms with E-state index in [1.165, 1.54) is 18.2 Å². The van der Waals surface area contributed by atoms with E-state index in [1.807, 2.05) is 6.92 Å². The second-order valence-corrected chi connectivity index (χ2v) is 3.57. The van der Waals surface area contributed by atoms with E-state index in [0.29, 0.717) is 18.0 Å². The number of ether oxygens (including phenoxy) is 1. The molecule has 0 radical (unpaired) electrons. The maximum Gasteiger partial charge on any atom is 0.238 e. The Morgan fingerprint density at radius 2 is 2.24 bits per heavy atom. The molecule has 0 atom stereocenters. The van der Waals surface area contributed by atoms with Crippen molar-refractivity contribution in [1.82, 2.24) is 5.32 Å². The van der Waals surface area contributed by atoms with E-state index in [1.54, 1.807) is 7.05 Å². The van der Waals surface area contributed by atoms with Crippen molar-refractivity contribution < 1.29 is 13.9 Å². The van der Waals surface area contributed by atoms with Crippen LogP contribution in [-0.4, -0.2) is 26.1 Å². The maximum absolute atomic E-state index is 13.1. The van der Waals surface area contributed by atoms with Crippen molar-refractivity contribution in [1.29, 1.82) is 0 Å². The van der Waals surface area contributed by atoms with Gasteiger partial charge in [0.25, 0.3) is 0 Å². The molecule has 0 heterocycles. The third-order valence-corrected chi connectivity index (χ3v) is 2.02. The molecule has 0 spiro atoms. The molecule has 0 fully saturated rings. The number of benzene rings is 1. The molecule has 1 aromatic carbocycles. The SMILES string of the molecule is CCCOc1cc(F)ccc1NC(=O)CNC. The van der Waals surface area contributed by atoms with Gasteiger partial charge in [0, 0.05) is 6.07 Å². The molecule has 0 aliphatic rings. The quantitative estimate of drug-likeness (QED) is 0.796. The molecule has 0 saturated heterocycles. The number of hydrogen-bond acceptors (Lipinski definition) is 3. The molecule has 0 aliphatic heterocycles. The molecule has 1 rings (SSSR count). The predicted molar refractivity (Wildman–Crippen MR) is 64.7 cm³/mol. The average molecular weight is 240 g/mol. The van der Waals surface area contributed by atoms with Crippen molar-refractivity contribution in [3.8, 4) is 5.75 Å². The van der Waals surface area contributed by atoms with E-state index < -0.39 is 0 Å². The molecule has 17 heavy (non-hydrogen) atoms. The summed E-state index contributed by atoms with van der Waals surface area (Å²) in [5.74, 6) is -0.223. The molecule has 0 bridgehead atoms. The number of rotatable bonds is 6. The van der Waals surface area contributed by atoms with Crippen LogP contribution in [0.25, 0.3) is 0 Å². The van der Waals surface area contributed by atoms with Gasteiger partial charge in [0.1, 0.15) is 11.6 Å². The van der Waals surface area contributed by atoms with E-state index in [0.717, 1.165) is 6.42 Å². The standard InChI is InChI=1S/C12H17FN2O2/c1-3-6-17-11-7-9(13)4-5-10(11)15-12(16)8-14-2/h4-5,7,14H,3,6,8H2,1-2H3,(H,15,16). The maximum atomic E-state index is 13.1. The zero-order valence-corrected chi connectivity index (χ0v) is 10.0. The van der Waals surface area contributed by atoms with Gasteiger partial charge >= 0.3 is 0 Å². The lowest BCUT2D eigenvalue weighted by molar-refractivity contribution is -0.115. The van der Waals surface area contributed by atoms with Crippen LogP contribution >= 0.6 is 0 Å². The van der Waals surface area contributed by atoms with Crippen molar-refractivity contribution >= 4 is 11.6 Å². The molecule has 0 saturated carbocycles. The molecule has 0 aromatic heterocycles. The zero-order valence-electron chi connectivity index (χ0n) is 10.0.